The molecule has 1 saturated carbocycles. The molecule has 0 aromatic carbocycles. The van der Waals surface area contributed by atoms with Crippen molar-refractivity contribution in [3.05, 3.63) is 12.2 Å². The first kappa shape index (κ1) is 8.21. The molecule has 3 aliphatic carbocycles. The van der Waals surface area contributed by atoms with Gasteiger partial charge in [-0.05, 0) is 24.7 Å². The number of hydrogen-bond donors (Lipinski definition) is 0. The molecule has 4 rings (SSSR count). The van der Waals surface area contributed by atoms with Gasteiger partial charge in [0.15, 0.2) is 0 Å². The van der Waals surface area contributed by atoms with E-state index < -0.39 is 0 Å². The zero-order valence-electron chi connectivity index (χ0n) is 8.14. The van der Waals surface area contributed by atoms with Crippen LogP contribution in [-0.4, -0.2) is 23.8 Å². The number of hydrogen-bond acceptors (Lipinski definition) is 2. The van der Waals surface area contributed by atoms with Gasteiger partial charge in [-0.15, -0.1) is 0 Å². The lowest BCUT2D eigenvalue weighted by Crippen LogP contribution is -2.38. The van der Waals surface area contributed by atoms with Gasteiger partial charge >= 0.3 is 0 Å². The summed E-state index contributed by atoms with van der Waals surface area (Å²) in [4.78, 5) is 24.9. The van der Waals surface area contributed by atoms with E-state index in [0.29, 0.717) is 11.8 Å². The maximum Gasteiger partial charge on any atom is 0.233 e. The van der Waals surface area contributed by atoms with Gasteiger partial charge in [0.2, 0.25) is 11.8 Å². The van der Waals surface area contributed by atoms with Crippen LogP contribution in [0.4, 0.5) is 0 Å². The van der Waals surface area contributed by atoms with Gasteiger partial charge in [0.25, 0.3) is 0 Å². The molecule has 2 bridgehead atoms. The Morgan fingerprint density at radius 3 is 1.86 bits per heavy atom. The number of carbonyl (C=O) groups is 2. The highest BCUT2D eigenvalue weighted by Crippen LogP contribution is 2.49. The highest BCUT2D eigenvalue weighted by Gasteiger charge is 2.55. The van der Waals surface area contributed by atoms with Crippen molar-refractivity contribution in [1.82, 2.24) is 4.90 Å². The van der Waals surface area contributed by atoms with Crippen LogP contribution in [-0.2, 0) is 9.59 Å². The molecule has 3 heteroatoms. The summed E-state index contributed by atoms with van der Waals surface area (Å²) in [5, 5.41) is 0. The average Bonchev–Trinajstić information content (AvgIpc) is 2.47. The summed E-state index contributed by atoms with van der Waals surface area (Å²) in [5.41, 5.74) is 0. The Morgan fingerprint density at radius 2 is 1.50 bits per heavy atom. The Balaban J connectivity index is 2.07. The van der Waals surface area contributed by atoms with Gasteiger partial charge in [0.05, 0.1) is 11.8 Å². The van der Waals surface area contributed by atoms with Gasteiger partial charge in [-0.2, -0.15) is 0 Å². The predicted octanol–water partition coefficient (Wildman–Crippen LogP) is 0.813. The molecular weight excluding hydrogens is 178 g/mol. The number of rotatable bonds is 0. The van der Waals surface area contributed by atoms with Crippen LogP contribution in [0.2, 0.25) is 0 Å². The standard InChI is InChI=1S/C11H13NO2/c1-12-10(13)8-6-2-3-7(5-4-6)9(8)11(12)14/h2-3,6-9H,4-5H2,1H3/t6-,7+,8+,9-. The van der Waals surface area contributed by atoms with Crippen molar-refractivity contribution in [2.75, 3.05) is 7.05 Å². The molecule has 14 heavy (non-hydrogen) atoms. The summed E-state index contributed by atoms with van der Waals surface area (Å²) < 4.78 is 0. The second-order valence-corrected chi connectivity index (χ2v) is 4.58. The van der Waals surface area contributed by atoms with Crippen LogP contribution in [0.5, 0.6) is 0 Å². The van der Waals surface area contributed by atoms with E-state index in [1.54, 1.807) is 7.05 Å². The summed E-state index contributed by atoms with van der Waals surface area (Å²) in [6, 6.07) is 0. The molecular formula is C11H13NO2. The predicted molar refractivity (Wildman–Crippen MR) is 50.1 cm³/mol. The number of fused-ring (bicyclic) bond motifs is 1. The van der Waals surface area contributed by atoms with E-state index in [0.717, 1.165) is 12.8 Å². The van der Waals surface area contributed by atoms with Crippen molar-refractivity contribution < 1.29 is 9.59 Å². The number of allylic oxidation sites excluding steroid dienone is 2. The number of imide groups is 1. The molecule has 0 aromatic rings. The molecule has 4 atom stereocenters. The van der Waals surface area contributed by atoms with Crippen LogP contribution in [0, 0.1) is 23.7 Å². The Bertz CT molecular complexity index is 315. The lowest BCUT2D eigenvalue weighted by molar-refractivity contribution is -0.138. The van der Waals surface area contributed by atoms with E-state index in [4.69, 9.17) is 0 Å². The van der Waals surface area contributed by atoms with E-state index >= 15 is 0 Å². The second kappa shape index (κ2) is 2.47. The second-order valence-electron chi connectivity index (χ2n) is 4.58. The van der Waals surface area contributed by atoms with Gasteiger partial charge in [-0.25, -0.2) is 0 Å². The molecule has 1 heterocycles. The minimum atomic E-state index is -0.0313. The van der Waals surface area contributed by atoms with Crippen LogP contribution >= 0.6 is 0 Å². The third kappa shape index (κ3) is 0.781. The Kier molecular flexibility index (Phi) is 1.45. The van der Waals surface area contributed by atoms with E-state index in [2.05, 4.69) is 12.2 Å². The highest BCUT2D eigenvalue weighted by atomic mass is 16.2. The summed E-state index contributed by atoms with van der Waals surface area (Å²) in [6.07, 6.45) is 6.43. The van der Waals surface area contributed by atoms with Crippen LogP contribution in [0.3, 0.4) is 0 Å². The maximum atomic E-state index is 11.8. The van der Waals surface area contributed by atoms with Crippen LogP contribution in [0.25, 0.3) is 0 Å². The molecule has 0 radical (unpaired) electrons. The average molecular weight is 191 g/mol. The van der Waals surface area contributed by atoms with Crippen molar-refractivity contribution in [3.8, 4) is 0 Å². The summed E-state index contributed by atoms with van der Waals surface area (Å²) >= 11 is 0. The molecule has 2 amide bonds. The lowest BCUT2D eigenvalue weighted by atomic mass is 9.63. The van der Waals surface area contributed by atoms with Crippen molar-refractivity contribution in [2.45, 2.75) is 12.8 Å². The molecule has 4 aliphatic rings. The SMILES string of the molecule is CN1C(=O)[C@@H]2[C@H](C1=O)[C@H]1C=C[C@@H]2CC1. The summed E-state index contributed by atoms with van der Waals surface area (Å²) in [5.74, 6) is 0.670. The molecule has 0 aromatic heterocycles. The van der Waals surface area contributed by atoms with E-state index in [-0.39, 0.29) is 23.7 Å². The van der Waals surface area contributed by atoms with Crippen molar-refractivity contribution in [3.63, 3.8) is 0 Å². The zero-order valence-corrected chi connectivity index (χ0v) is 8.14. The Labute approximate surface area is 82.8 Å². The monoisotopic (exact) mass is 191 g/mol. The molecule has 0 spiro atoms. The molecule has 3 nitrogen and oxygen atoms in total. The molecule has 74 valence electrons. The minimum Gasteiger partial charge on any atom is -0.285 e. The maximum absolute atomic E-state index is 11.8. The third-order valence-electron chi connectivity index (χ3n) is 3.98. The first-order chi connectivity index (χ1) is 6.70. The van der Waals surface area contributed by atoms with Gasteiger partial charge in [-0.1, -0.05) is 12.2 Å². The van der Waals surface area contributed by atoms with Gasteiger partial charge in [-0.3, -0.25) is 14.5 Å². The topological polar surface area (TPSA) is 37.4 Å². The fraction of sp³-hybridized carbons (Fsp3) is 0.636. The normalized spacial score (nSPS) is 44.8. The Morgan fingerprint density at radius 1 is 1.07 bits per heavy atom. The number of likely N-dealkylation sites (tertiary alicyclic amines) is 1. The van der Waals surface area contributed by atoms with E-state index in [9.17, 15) is 9.59 Å². The zero-order chi connectivity index (χ0) is 9.87. The fourth-order valence-electron chi connectivity index (χ4n) is 3.22. The number of carbonyl (C=O) groups excluding carboxylic acids is 2. The molecule has 0 N–H and O–H groups in total. The molecule has 0 unspecified atom stereocenters. The summed E-state index contributed by atoms with van der Waals surface area (Å²) in [7, 11) is 1.61. The van der Waals surface area contributed by atoms with Crippen LogP contribution < -0.4 is 0 Å². The fourth-order valence-corrected chi connectivity index (χ4v) is 3.22. The van der Waals surface area contributed by atoms with Gasteiger partial charge < -0.3 is 0 Å². The number of nitrogens with zero attached hydrogens (tertiary/aromatic N) is 1. The third-order valence-corrected chi connectivity index (χ3v) is 3.98. The highest BCUT2D eigenvalue weighted by molar-refractivity contribution is 6.05. The van der Waals surface area contributed by atoms with Crippen molar-refractivity contribution >= 4 is 11.8 Å². The van der Waals surface area contributed by atoms with Crippen LogP contribution in [0.15, 0.2) is 12.2 Å². The Hall–Kier alpha value is -1.12. The lowest BCUT2D eigenvalue weighted by Gasteiger charge is -2.38. The van der Waals surface area contributed by atoms with Gasteiger partial charge in [0.1, 0.15) is 0 Å². The first-order valence-corrected chi connectivity index (χ1v) is 5.20. The summed E-state index contributed by atoms with van der Waals surface area (Å²) in [6.45, 7) is 0. The first-order valence-electron chi connectivity index (χ1n) is 5.20. The van der Waals surface area contributed by atoms with Crippen molar-refractivity contribution in [2.24, 2.45) is 23.7 Å². The van der Waals surface area contributed by atoms with E-state index in [1.165, 1.54) is 4.90 Å². The molecule has 2 fully saturated rings. The van der Waals surface area contributed by atoms with Gasteiger partial charge in [0, 0.05) is 7.05 Å². The molecule has 1 saturated heterocycles. The number of amides is 2. The van der Waals surface area contributed by atoms with Crippen LogP contribution in [0.1, 0.15) is 12.8 Å². The minimum absolute atomic E-state index is 0.0313. The smallest absolute Gasteiger partial charge is 0.233 e. The van der Waals surface area contributed by atoms with Crippen molar-refractivity contribution in [1.29, 1.82) is 0 Å². The largest absolute Gasteiger partial charge is 0.285 e. The van der Waals surface area contributed by atoms with E-state index in [1.807, 2.05) is 0 Å². The quantitative estimate of drug-likeness (QED) is 0.420. The molecule has 1 aliphatic heterocycles.